The fraction of sp³-hybridized carbons (Fsp3) is 0.800. The van der Waals surface area contributed by atoms with Crippen LogP contribution in [0.3, 0.4) is 0 Å². The van der Waals surface area contributed by atoms with Crippen molar-refractivity contribution in [2.24, 2.45) is 11.0 Å². The molecule has 0 bridgehead atoms. The lowest BCUT2D eigenvalue weighted by Crippen LogP contribution is -2.14. The number of hydrazone groups is 1. The molecule has 1 aliphatic rings. The van der Waals surface area contributed by atoms with Gasteiger partial charge >= 0.3 is 0 Å². The highest BCUT2D eigenvalue weighted by Gasteiger charge is 2.11. The van der Waals surface area contributed by atoms with Gasteiger partial charge in [0.25, 0.3) is 0 Å². The van der Waals surface area contributed by atoms with Crippen LogP contribution in [0.2, 0.25) is 0 Å². The molecular formula is C10H19N2+. The lowest BCUT2D eigenvalue weighted by atomic mass is 9.99. The molecule has 0 spiro atoms. The van der Waals surface area contributed by atoms with E-state index in [0.29, 0.717) is 5.92 Å². The van der Waals surface area contributed by atoms with Crippen LogP contribution in [0.4, 0.5) is 0 Å². The first-order valence-corrected chi connectivity index (χ1v) is 4.84. The van der Waals surface area contributed by atoms with Gasteiger partial charge in [0, 0.05) is 13.3 Å². The Bertz CT molecular complexity index is 204. The summed E-state index contributed by atoms with van der Waals surface area (Å²) in [5, 5.41) is 4.39. The minimum atomic E-state index is 0.695. The Labute approximate surface area is 75.0 Å². The summed E-state index contributed by atoms with van der Waals surface area (Å²) < 4.78 is 2.00. The van der Waals surface area contributed by atoms with Crippen molar-refractivity contribution in [3.05, 3.63) is 0 Å². The molecule has 0 saturated carbocycles. The van der Waals surface area contributed by atoms with Crippen molar-refractivity contribution in [2.75, 3.05) is 7.05 Å². The van der Waals surface area contributed by atoms with Gasteiger partial charge in [-0.05, 0) is 30.3 Å². The van der Waals surface area contributed by atoms with Gasteiger partial charge in [0.1, 0.15) is 0 Å². The Kier molecular flexibility index (Phi) is 3.45. The second kappa shape index (κ2) is 4.39. The highest BCUT2D eigenvalue weighted by atomic mass is 15.3. The molecule has 2 nitrogen and oxygen atoms in total. The topological polar surface area (TPSA) is 15.4 Å². The monoisotopic (exact) mass is 167 g/mol. The number of hydrogen-bond donors (Lipinski definition) is 0. The molecular weight excluding hydrogens is 148 g/mol. The summed E-state index contributed by atoms with van der Waals surface area (Å²) in [5.74, 6) is 0.695. The van der Waals surface area contributed by atoms with E-state index in [-0.39, 0.29) is 0 Å². The first-order valence-electron chi connectivity index (χ1n) is 4.84. The van der Waals surface area contributed by atoms with E-state index < -0.39 is 0 Å². The molecule has 0 aromatic heterocycles. The van der Waals surface area contributed by atoms with Crippen LogP contribution in [-0.4, -0.2) is 23.7 Å². The van der Waals surface area contributed by atoms with Crippen molar-refractivity contribution in [1.29, 1.82) is 0 Å². The standard InChI is InChI=1S/C10H19N2/c1-4-10-7-5-6-9(2)12(3)11-8-10/h8,10H,4-7H2,1-3H3/q+1. The average molecular weight is 167 g/mol. The van der Waals surface area contributed by atoms with Crippen LogP contribution >= 0.6 is 0 Å². The zero-order valence-corrected chi connectivity index (χ0v) is 8.38. The van der Waals surface area contributed by atoms with Crippen LogP contribution in [0.15, 0.2) is 5.10 Å². The van der Waals surface area contributed by atoms with Gasteiger partial charge in [0.15, 0.2) is 12.8 Å². The van der Waals surface area contributed by atoms with Crippen molar-refractivity contribution < 1.29 is 4.68 Å². The van der Waals surface area contributed by atoms with E-state index in [1.54, 1.807) is 0 Å². The largest absolute Gasteiger partial charge is 0.181 e. The normalized spacial score (nSPS) is 25.4. The molecule has 0 aromatic carbocycles. The van der Waals surface area contributed by atoms with Gasteiger partial charge < -0.3 is 0 Å². The van der Waals surface area contributed by atoms with Gasteiger partial charge in [0.05, 0.1) is 6.21 Å². The third-order valence-electron chi connectivity index (χ3n) is 2.64. The maximum Gasteiger partial charge on any atom is 0.181 e. The van der Waals surface area contributed by atoms with Crippen LogP contribution in [-0.2, 0) is 0 Å². The van der Waals surface area contributed by atoms with Gasteiger partial charge in [-0.15, -0.1) is 0 Å². The van der Waals surface area contributed by atoms with Gasteiger partial charge in [-0.1, -0.05) is 11.6 Å². The minimum Gasteiger partial charge on any atom is -0.0959 e. The van der Waals surface area contributed by atoms with E-state index in [0.717, 1.165) is 0 Å². The van der Waals surface area contributed by atoms with Crippen LogP contribution in [0.1, 0.15) is 39.5 Å². The van der Waals surface area contributed by atoms with Crippen LogP contribution < -0.4 is 0 Å². The molecule has 0 amide bonds. The molecule has 1 rings (SSSR count). The summed E-state index contributed by atoms with van der Waals surface area (Å²) in [6, 6.07) is 0. The van der Waals surface area contributed by atoms with E-state index in [4.69, 9.17) is 0 Å². The van der Waals surface area contributed by atoms with Crippen molar-refractivity contribution >= 4 is 11.9 Å². The smallest absolute Gasteiger partial charge is 0.0959 e. The minimum absolute atomic E-state index is 0.695. The molecule has 0 radical (unpaired) electrons. The number of rotatable bonds is 1. The summed E-state index contributed by atoms with van der Waals surface area (Å²) >= 11 is 0. The molecule has 0 N–H and O–H groups in total. The summed E-state index contributed by atoms with van der Waals surface area (Å²) in [7, 11) is 2.03. The Morgan fingerprint density at radius 3 is 3.08 bits per heavy atom. The van der Waals surface area contributed by atoms with Crippen molar-refractivity contribution in [1.82, 2.24) is 0 Å². The predicted octanol–water partition coefficient (Wildman–Crippen LogP) is 2.29. The predicted molar refractivity (Wildman–Crippen MR) is 53.0 cm³/mol. The summed E-state index contributed by atoms with van der Waals surface area (Å²) in [5.41, 5.74) is 1.38. The highest BCUT2D eigenvalue weighted by Crippen LogP contribution is 2.12. The van der Waals surface area contributed by atoms with Crippen molar-refractivity contribution in [3.8, 4) is 0 Å². The van der Waals surface area contributed by atoms with Gasteiger partial charge in [0.2, 0.25) is 0 Å². The van der Waals surface area contributed by atoms with Gasteiger partial charge in [-0.3, -0.25) is 0 Å². The van der Waals surface area contributed by atoms with E-state index >= 15 is 0 Å². The second-order valence-corrected chi connectivity index (χ2v) is 3.58. The third kappa shape index (κ3) is 2.43. The molecule has 1 heterocycles. The maximum atomic E-state index is 4.39. The first kappa shape index (κ1) is 9.43. The molecule has 1 aliphatic heterocycles. The quantitative estimate of drug-likeness (QED) is 0.532. The van der Waals surface area contributed by atoms with Gasteiger partial charge in [-0.2, -0.15) is 0 Å². The van der Waals surface area contributed by atoms with Gasteiger partial charge in [-0.25, -0.2) is 0 Å². The molecule has 0 saturated heterocycles. The SMILES string of the molecule is CCC1C=N[N+](C)=C(C)CCC1. The van der Waals surface area contributed by atoms with Crippen LogP contribution in [0.5, 0.6) is 0 Å². The number of hydrogen-bond acceptors (Lipinski definition) is 1. The first-order chi connectivity index (χ1) is 5.74. The van der Waals surface area contributed by atoms with E-state index in [2.05, 4.69) is 25.2 Å². The fourth-order valence-electron chi connectivity index (χ4n) is 1.46. The summed E-state index contributed by atoms with van der Waals surface area (Å²) in [6.45, 7) is 4.39. The zero-order chi connectivity index (χ0) is 8.97. The molecule has 1 unspecified atom stereocenters. The Balaban J connectivity index is 2.69. The molecule has 0 fully saturated rings. The van der Waals surface area contributed by atoms with E-state index in [9.17, 15) is 0 Å². The van der Waals surface area contributed by atoms with Crippen molar-refractivity contribution in [3.63, 3.8) is 0 Å². The van der Waals surface area contributed by atoms with E-state index in [1.807, 2.05) is 11.7 Å². The average Bonchev–Trinajstić information content (AvgIpc) is 2.07. The Hall–Kier alpha value is -0.660. The molecule has 0 aromatic rings. The maximum absolute atomic E-state index is 4.39. The number of nitrogens with zero attached hydrogens (tertiary/aromatic N) is 2. The lowest BCUT2D eigenvalue weighted by molar-refractivity contribution is -0.504. The van der Waals surface area contributed by atoms with Crippen LogP contribution in [0.25, 0.3) is 0 Å². The zero-order valence-electron chi connectivity index (χ0n) is 8.38. The Morgan fingerprint density at radius 2 is 2.42 bits per heavy atom. The highest BCUT2D eigenvalue weighted by molar-refractivity contribution is 5.77. The molecule has 1 atom stereocenters. The van der Waals surface area contributed by atoms with E-state index in [1.165, 1.54) is 31.4 Å². The fourth-order valence-corrected chi connectivity index (χ4v) is 1.46. The third-order valence-corrected chi connectivity index (χ3v) is 2.64. The molecule has 68 valence electrons. The molecule has 12 heavy (non-hydrogen) atoms. The lowest BCUT2D eigenvalue weighted by Gasteiger charge is -2.09. The summed E-state index contributed by atoms with van der Waals surface area (Å²) in [4.78, 5) is 0. The second-order valence-electron chi connectivity index (χ2n) is 3.58. The van der Waals surface area contributed by atoms with Crippen LogP contribution in [0, 0.1) is 5.92 Å². The van der Waals surface area contributed by atoms with Crippen molar-refractivity contribution in [2.45, 2.75) is 39.5 Å². The Morgan fingerprint density at radius 1 is 1.67 bits per heavy atom. The summed E-state index contributed by atoms with van der Waals surface area (Å²) in [6.07, 6.45) is 7.12. The molecule has 0 aliphatic carbocycles. The molecule has 2 heteroatoms.